The third-order valence-electron chi connectivity index (χ3n) is 4.70. The lowest BCUT2D eigenvalue weighted by molar-refractivity contribution is -0.137. The highest BCUT2D eigenvalue weighted by Crippen LogP contribution is 2.32. The Bertz CT molecular complexity index is 603. The minimum Gasteiger partial charge on any atom is -0.493 e. The first-order valence-corrected chi connectivity index (χ1v) is 8.26. The number of hydrogen-bond donors (Lipinski definition) is 1. The number of nitrogens with two attached hydrogens (primary N) is 1. The van der Waals surface area contributed by atoms with Gasteiger partial charge in [0.15, 0.2) is 11.5 Å². The van der Waals surface area contributed by atoms with E-state index in [-0.39, 0.29) is 23.8 Å². The number of benzene rings is 1. The van der Waals surface area contributed by atoms with Crippen LogP contribution >= 0.6 is 0 Å². The van der Waals surface area contributed by atoms with Crippen LogP contribution in [0.25, 0.3) is 0 Å². The number of carbonyl (C=O) groups excluding carboxylic acids is 2. The highest BCUT2D eigenvalue weighted by molar-refractivity contribution is 5.80. The van der Waals surface area contributed by atoms with E-state index in [1.807, 2.05) is 25.1 Å². The summed E-state index contributed by atoms with van der Waals surface area (Å²) in [4.78, 5) is 25.8. The monoisotopic (exact) mass is 334 g/mol. The van der Waals surface area contributed by atoms with Gasteiger partial charge in [0.05, 0.1) is 20.1 Å². The number of amides is 2. The predicted octanol–water partition coefficient (Wildman–Crippen LogP) is 1.75. The SMILES string of the molecule is COc1cccc(CCC(=O)N2C[C@@H](C(N)=O)CC[C@H]2C)c1OC. The smallest absolute Gasteiger partial charge is 0.223 e. The molecule has 2 amide bonds. The van der Waals surface area contributed by atoms with E-state index < -0.39 is 0 Å². The number of hydrogen-bond acceptors (Lipinski definition) is 4. The molecular formula is C18H26N2O4. The van der Waals surface area contributed by atoms with Crippen molar-refractivity contribution in [2.24, 2.45) is 11.7 Å². The minimum absolute atomic E-state index is 0.0401. The fourth-order valence-electron chi connectivity index (χ4n) is 3.22. The van der Waals surface area contributed by atoms with Crippen LogP contribution in [0.3, 0.4) is 0 Å². The molecule has 2 N–H and O–H groups in total. The van der Waals surface area contributed by atoms with Gasteiger partial charge in [-0.1, -0.05) is 12.1 Å². The summed E-state index contributed by atoms with van der Waals surface area (Å²) in [5.41, 5.74) is 6.33. The lowest BCUT2D eigenvalue weighted by atomic mass is 9.92. The first-order chi connectivity index (χ1) is 11.5. The fraction of sp³-hybridized carbons (Fsp3) is 0.556. The van der Waals surface area contributed by atoms with Crippen molar-refractivity contribution in [3.63, 3.8) is 0 Å². The summed E-state index contributed by atoms with van der Waals surface area (Å²) in [6.45, 7) is 2.44. The number of para-hydroxylation sites is 1. The van der Waals surface area contributed by atoms with Gasteiger partial charge < -0.3 is 20.1 Å². The zero-order valence-electron chi connectivity index (χ0n) is 14.6. The molecule has 1 saturated heterocycles. The van der Waals surface area contributed by atoms with Crippen molar-refractivity contribution in [2.45, 2.75) is 38.6 Å². The number of nitrogens with zero attached hydrogens (tertiary/aromatic N) is 1. The van der Waals surface area contributed by atoms with Gasteiger partial charge in [-0.15, -0.1) is 0 Å². The van der Waals surface area contributed by atoms with Gasteiger partial charge in [-0.25, -0.2) is 0 Å². The minimum atomic E-state index is -0.325. The molecule has 6 nitrogen and oxygen atoms in total. The summed E-state index contributed by atoms with van der Waals surface area (Å²) in [5.74, 6) is 0.793. The summed E-state index contributed by atoms with van der Waals surface area (Å²) >= 11 is 0. The number of primary amides is 1. The Kier molecular flexibility index (Phi) is 6.06. The maximum atomic E-state index is 12.6. The summed E-state index contributed by atoms with van der Waals surface area (Å²) in [6, 6.07) is 5.78. The molecule has 0 saturated carbocycles. The largest absolute Gasteiger partial charge is 0.493 e. The molecule has 0 aromatic heterocycles. The second-order valence-electron chi connectivity index (χ2n) is 6.22. The van der Waals surface area contributed by atoms with E-state index >= 15 is 0 Å². The van der Waals surface area contributed by atoms with Crippen molar-refractivity contribution in [3.8, 4) is 11.5 Å². The number of piperidine rings is 1. The van der Waals surface area contributed by atoms with E-state index in [0.29, 0.717) is 30.9 Å². The third-order valence-corrected chi connectivity index (χ3v) is 4.70. The summed E-state index contributed by atoms with van der Waals surface area (Å²) in [7, 11) is 3.18. The highest BCUT2D eigenvalue weighted by atomic mass is 16.5. The van der Waals surface area contributed by atoms with Gasteiger partial charge in [0, 0.05) is 19.0 Å². The Labute approximate surface area is 142 Å². The lowest BCUT2D eigenvalue weighted by Crippen LogP contribution is -2.48. The number of methoxy groups -OCH3 is 2. The average molecular weight is 334 g/mol. The highest BCUT2D eigenvalue weighted by Gasteiger charge is 2.31. The standard InChI is InChI=1S/C18H26N2O4/c1-12-7-8-14(18(19)22)11-20(12)16(21)10-9-13-5-4-6-15(23-2)17(13)24-3/h4-6,12,14H,7-11H2,1-3H3,(H2,19,22)/t12-,14+/m1/s1. The second-order valence-corrected chi connectivity index (χ2v) is 6.22. The molecule has 1 aliphatic heterocycles. The molecule has 2 atom stereocenters. The third kappa shape index (κ3) is 3.99. The molecule has 6 heteroatoms. The molecule has 1 aromatic rings. The Morgan fingerprint density at radius 1 is 1.25 bits per heavy atom. The quantitative estimate of drug-likeness (QED) is 0.859. The zero-order valence-corrected chi connectivity index (χ0v) is 14.6. The fourth-order valence-corrected chi connectivity index (χ4v) is 3.22. The molecule has 1 aliphatic rings. The van der Waals surface area contributed by atoms with Gasteiger partial charge in [0.25, 0.3) is 0 Å². The molecule has 2 rings (SSSR count). The van der Waals surface area contributed by atoms with Gasteiger partial charge >= 0.3 is 0 Å². The molecule has 1 fully saturated rings. The van der Waals surface area contributed by atoms with Crippen molar-refractivity contribution in [1.29, 1.82) is 0 Å². The molecule has 0 unspecified atom stereocenters. The Morgan fingerprint density at radius 3 is 2.62 bits per heavy atom. The summed E-state index contributed by atoms with van der Waals surface area (Å²) in [5, 5.41) is 0. The number of rotatable bonds is 6. The van der Waals surface area contributed by atoms with E-state index in [9.17, 15) is 9.59 Å². The van der Waals surface area contributed by atoms with Crippen LogP contribution in [0.1, 0.15) is 31.7 Å². The zero-order chi connectivity index (χ0) is 17.7. The Hall–Kier alpha value is -2.24. The van der Waals surface area contributed by atoms with E-state index in [0.717, 1.165) is 18.4 Å². The van der Waals surface area contributed by atoms with E-state index in [4.69, 9.17) is 15.2 Å². The first-order valence-electron chi connectivity index (χ1n) is 8.26. The molecule has 24 heavy (non-hydrogen) atoms. The predicted molar refractivity (Wildman–Crippen MR) is 91.0 cm³/mol. The van der Waals surface area contributed by atoms with Gasteiger partial charge in [0.1, 0.15) is 0 Å². The molecule has 0 spiro atoms. The van der Waals surface area contributed by atoms with E-state index in [1.165, 1.54) is 0 Å². The number of carbonyl (C=O) groups is 2. The van der Waals surface area contributed by atoms with Crippen LogP contribution in [0.2, 0.25) is 0 Å². The lowest BCUT2D eigenvalue weighted by Gasteiger charge is -2.37. The van der Waals surface area contributed by atoms with Gasteiger partial charge in [-0.05, 0) is 37.8 Å². The van der Waals surface area contributed by atoms with Crippen molar-refractivity contribution in [2.75, 3.05) is 20.8 Å². The summed E-state index contributed by atoms with van der Waals surface area (Å²) in [6.07, 6.45) is 2.48. The molecule has 0 radical (unpaired) electrons. The van der Waals surface area contributed by atoms with E-state index in [1.54, 1.807) is 19.1 Å². The summed E-state index contributed by atoms with van der Waals surface area (Å²) < 4.78 is 10.7. The maximum absolute atomic E-state index is 12.6. The van der Waals surface area contributed by atoms with Gasteiger partial charge in [0.2, 0.25) is 11.8 Å². The van der Waals surface area contributed by atoms with Crippen LogP contribution in [-0.2, 0) is 16.0 Å². The topological polar surface area (TPSA) is 81.9 Å². The first kappa shape index (κ1) is 18.1. The Balaban J connectivity index is 2.03. The molecule has 1 aromatic carbocycles. The number of aryl methyl sites for hydroxylation is 1. The van der Waals surface area contributed by atoms with Crippen LogP contribution in [0.4, 0.5) is 0 Å². The van der Waals surface area contributed by atoms with Crippen LogP contribution in [-0.4, -0.2) is 43.5 Å². The van der Waals surface area contributed by atoms with Crippen molar-refractivity contribution < 1.29 is 19.1 Å². The van der Waals surface area contributed by atoms with Crippen LogP contribution < -0.4 is 15.2 Å². The molecule has 132 valence electrons. The Morgan fingerprint density at radius 2 is 2.00 bits per heavy atom. The number of likely N-dealkylation sites (tertiary alicyclic amines) is 1. The molecule has 0 aliphatic carbocycles. The van der Waals surface area contributed by atoms with Gasteiger partial charge in [-0.2, -0.15) is 0 Å². The average Bonchev–Trinajstić information content (AvgIpc) is 2.59. The van der Waals surface area contributed by atoms with E-state index in [2.05, 4.69) is 0 Å². The normalized spacial score (nSPS) is 20.5. The second kappa shape index (κ2) is 8.04. The maximum Gasteiger partial charge on any atom is 0.223 e. The molecule has 1 heterocycles. The van der Waals surface area contributed by atoms with Crippen molar-refractivity contribution in [3.05, 3.63) is 23.8 Å². The van der Waals surface area contributed by atoms with Crippen molar-refractivity contribution in [1.82, 2.24) is 4.90 Å². The molecular weight excluding hydrogens is 308 g/mol. The van der Waals surface area contributed by atoms with Crippen LogP contribution in [0.5, 0.6) is 11.5 Å². The van der Waals surface area contributed by atoms with Gasteiger partial charge in [-0.3, -0.25) is 9.59 Å². The molecule has 0 bridgehead atoms. The van der Waals surface area contributed by atoms with Crippen LogP contribution in [0.15, 0.2) is 18.2 Å². The van der Waals surface area contributed by atoms with Crippen LogP contribution in [0, 0.1) is 5.92 Å². The number of ether oxygens (including phenoxy) is 2. The van der Waals surface area contributed by atoms with Crippen molar-refractivity contribution >= 4 is 11.8 Å².